The van der Waals surface area contributed by atoms with Gasteiger partial charge in [0.15, 0.2) is 11.9 Å². The number of primary amides is 1. The number of phosphoric acid groups is 3. The molecule has 183 valence electrons. The molecular formula is C10H15FN3NaO15P3. The van der Waals surface area contributed by atoms with Crippen LogP contribution in [0.5, 0.6) is 0 Å². The molecule has 0 aliphatic carbocycles. The van der Waals surface area contributed by atoms with E-state index in [1.165, 1.54) is 0 Å². The Hall–Kier alpha value is -0.430. The van der Waals surface area contributed by atoms with Crippen LogP contribution in [-0.2, 0) is 31.6 Å². The molecule has 18 nitrogen and oxygen atoms in total. The summed E-state index contributed by atoms with van der Waals surface area (Å²) in [6.07, 6.45) is -7.18. The smallest absolute Gasteiger partial charge is 0.387 e. The summed E-state index contributed by atoms with van der Waals surface area (Å²) in [5.74, 6) is -2.80. The number of halogens is 1. The average molecular weight is 552 g/mol. The van der Waals surface area contributed by atoms with E-state index in [9.17, 15) is 42.8 Å². The van der Waals surface area contributed by atoms with E-state index >= 15 is 0 Å². The van der Waals surface area contributed by atoms with E-state index in [2.05, 4.69) is 18.1 Å². The Balaban J connectivity index is 0.00000544. The number of hydrogen-bond acceptors (Lipinski definition) is 12. The van der Waals surface area contributed by atoms with Crippen LogP contribution >= 0.6 is 23.5 Å². The normalized spacial score (nSPS) is 26.8. The summed E-state index contributed by atoms with van der Waals surface area (Å²) < 4.78 is 63.8. The van der Waals surface area contributed by atoms with Gasteiger partial charge < -0.3 is 40.3 Å². The van der Waals surface area contributed by atoms with E-state index < -0.39 is 77.7 Å². The summed E-state index contributed by atoms with van der Waals surface area (Å²) in [6, 6.07) is 0. The summed E-state index contributed by atoms with van der Waals surface area (Å²) in [5.41, 5.74) is 2.52. The number of amides is 1. The van der Waals surface area contributed by atoms with Crippen molar-refractivity contribution in [3.8, 4) is 0 Å². The fraction of sp³-hybridized carbons (Fsp3) is 0.500. The van der Waals surface area contributed by atoms with Gasteiger partial charge >= 0.3 is 23.5 Å². The Bertz CT molecular complexity index is 1100. The van der Waals surface area contributed by atoms with Crippen molar-refractivity contribution in [1.82, 2.24) is 9.55 Å². The van der Waals surface area contributed by atoms with Crippen molar-refractivity contribution in [1.29, 1.82) is 0 Å². The molecular weight excluding hydrogens is 537 g/mol. The van der Waals surface area contributed by atoms with Gasteiger partial charge in [-0.1, -0.05) is 0 Å². The molecule has 0 saturated carbocycles. The van der Waals surface area contributed by atoms with Crippen LogP contribution < -0.4 is 11.3 Å². The fourth-order valence-corrected chi connectivity index (χ4v) is 5.43. The van der Waals surface area contributed by atoms with Crippen LogP contribution in [0.2, 0.25) is 0 Å². The number of hydrogen-bond donors (Lipinski definition) is 7. The Morgan fingerprint density at radius 3 is 2.24 bits per heavy atom. The van der Waals surface area contributed by atoms with Crippen molar-refractivity contribution in [3.63, 3.8) is 0 Å². The third kappa shape index (κ3) is 8.33. The van der Waals surface area contributed by atoms with Crippen molar-refractivity contribution in [2.45, 2.75) is 24.5 Å². The van der Waals surface area contributed by atoms with E-state index in [-0.39, 0.29) is 29.6 Å². The molecule has 1 aromatic heterocycles. The van der Waals surface area contributed by atoms with Gasteiger partial charge in [0.1, 0.15) is 18.3 Å². The third-order valence-electron chi connectivity index (χ3n) is 3.56. The Kier molecular flexibility index (Phi) is 10.3. The number of rotatable bonds is 9. The molecule has 1 aliphatic rings. The van der Waals surface area contributed by atoms with E-state index in [0.29, 0.717) is 10.8 Å². The first kappa shape index (κ1) is 30.6. The molecule has 0 bridgehead atoms. The summed E-state index contributed by atoms with van der Waals surface area (Å²) in [7, 11) is -17.0. The molecule has 1 radical (unpaired) electrons. The van der Waals surface area contributed by atoms with Gasteiger partial charge in [0.2, 0.25) is 5.95 Å². The molecule has 2 heterocycles. The Morgan fingerprint density at radius 2 is 1.73 bits per heavy atom. The summed E-state index contributed by atoms with van der Waals surface area (Å²) in [4.78, 5) is 61.7. The first-order valence-corrected chi connectivity index (χ1v) is 12.3. The standard InChI is InChI=1S/C10H15FN3O15P3.Na/c11-4-1-14(9(18)5(13-4)8(12)17)10-7(16)6(15)3(27-10)2-26-31(22,23)29-32(24,25)28-30(19,20)21;/h1,3,6-7,10,15-16H,2H2,(H2,12,17)(H,22,23)(H,24,25)(H2,19,20,21);/t3-,6-,7-,10-;/m1./s1. The van der Waals surface area contributed by atoms with Crippen LogP contribution in [-0.4, -0.2) is 99.7 Å². The molecule has 1 fully saturated rings. The van der Waals surface area contributed by atoms with Gasteiger partial charge in [-0.15, -0.1) is 0 Å². The summed E-state index contributed by atoms with van der Waals surface area (Å²) >= 11 is 0. The Morgan fingerprint density at radius 1 is 1.15 bits per heavy atom. The van der Waals surface area contributed by atoms with Gasteiger partial charge in [0.25, 0.3) is 11.5 Å². The maximum absolute atomic E-state index is 13.6. The number of phosphoric ester groups is 1. The minimum atomic E-state index is -5.80. The molecule has 8 N–H and O–H groups in total. The second kappa shape index (κ2) is 11.1. The van der Waals surface area contributed by atoms with Crippen molar-refractivity contribution in [2.24, 2.45) is 5.73 Å². The zero-order valence-electron chi connectivity index (χ0n) is 16.1. The second-order valence-electron chi connectivity index (χ2n) is 5.92. The summed E-state index contributed by atoms with van der Waals surface area (Å²) in [6.45, 7) is -1.18. The van der Waals surface area contributed by atoms with Gasteiger partial charge in [-0.05, 0) is 0 Å². The molecule has 1 saturated heterocycles. The Labute approximate surface area is 203 Å². The number of ether oxygens (including phenoxy) is 1. The number of carbonyl (C=O) groups is 1. The van der Waals surface area contributed by atoms with Crippen LogP contribution in [0.3, 0.4) is 0 Å². The van der Waals surface area contributed by atoms with Crippen LogP contribution in [0, 0.1) is 5.95 Å². The number of aliphatic hydroxyl groups excluding tert-OH is 2. The van der Waals surface area contributed by atoms with E-state index in [1.807, 2.05) is 0 Å². The maximum atomic E-state index is 13.6. The molecule has 1 aliphatic heterocycles. The van der Waals surface area contributed by atoms with Crippen molar-refractivity contribution >= 4 is 58.9 Å². The number of nitrogens with two attached hydrogens (primary N) is 1. The number of aromatic nitrogens is 2. The monoisotopic (exact) mass is 552 g/mol. The number of nitrogens with zero attached hydrogens (tertiary/aromatic N) is 2. The van der Waals surface area contributed by atoms with Gasteiger partial charge in [0.05, 0.1) is 12.8 Å². The minimum Gasteiger partial charge on any atom is -0.387 e. The molecule has 2 unspecified atom stereocenters. The van der Waals surface area contributed by atoms with Crippen LogP contribution in [0.1, 0.15) is 16.7 Å². The molecule has 0 spiro atoms. The SMILES string of the molecule is NC(=O)c1nc(F)cn([C@@H]2O[C@H](COP(=O)(O)OP(=O)(O)OP(=O)(O)O)[C@@H](O)[C@H]2O)c1=O.[Na]. The molecule has 6 atom stereocenters. The topological polar surface area (TPSA) is 287 Å². The van der Waals surface area contributed by atoms with E-state index in [1.54, 1.807) is 0 Å². The molecule has 1 aromatic rings. The maximum Gasteiger partial charge on any atom is 0.490 e. The van der Waals surface area contributed by atoms with Crippen molar-refractivity contribution in [3.05, 3.63) is 28.2 Å². The predicted octanol–water partition coefficient (Wildman–Crippen LogP) is -2.94. The average Bonchev–Trinajstić information content (AvgIpc) is 2.86. The second-order valence-corrected chi connectivity index (χ2v) is 10.3. The van der Waals surface area contributed by atoms with E-state index in [4.69, 9.17) is 25.2 Å². The summed E-state index contributed by atoms with van der Waals surface area (Å²) in [5, 5.41) is 20.1. The van der Waals surface area contributed by atoms with E-state index in [0.717, 1.165) is 0 Å². The molecule has 23 heteroatoms. The number of carbonyl (C=O) groups excluding carboxylic acids is 1. The molecule has 2 rings (SSSR count). The first-order chi connectivity index (χ1) is 14.4. The largest absolute Gasteiger partial charge is 0.490 e. The quantitative estimate of drug-likeness (QED) is 0.119. The van der Waals surface area contributed by atoms with Crippen LogP contribution in [0.15, 0.2) is 11.0 Å². The van der Waals surface area contributed by atoms with Crippen LogP contribution in [0.25, 0.3) is 0 Å². The predicted molar refractivity (Wildman–Crippen MR) is 98.5 cm³/mol. The molecule has 33 heavy (non-hydrogen) atoms. The fourth-order valence-electron chi connectivity index (χ4n) is 2.40. The molecule has 1 amide bonds. The zero-order valence-corrected chi connectivity index (χ0v) is 20.8. The van der Waals surface area contributed by atoms with Crippen molar-refractivity contribution < 1.29 is 70.5 Å². The van der Waals surface area contributed by atoms with Crippen molar-refractivity contribution in [2.75, 3.05) is 6.61 Å². The van der Waals surface area contributed by atoms with Gasteiger partial charge in [0, 0.05) is 29.6 Å². The molecule has 0 aromatic carbocycles. The first-order valence-electron chi connectivity index (χ1n) is 7.81. The van der Waals surface area contributed by atoms with Gasteiger partial charge in [-0.25, -0.2) is 18.7 Å². The number of aliphatic hydroxyl groups is 2. The third-order valence-corrected chi connectivity index (χ3v) is 7.37. The minimum absolute atomic E-state index is 0. The van der Waals surface area contributed by atoms with Crippen LogP contribution in [0.4, 0.5) is 4.39 Å². The zero-order chi connectivity index (χ0) is 24.6. The van der Waals surface area contributed by atoms with Gasteiger partial charge in [-0.2, -0.15) is 13.0 Å². The van der Waals surface area contributed by atoms with Gasteiger partial charge in [-0.3, -0.25) is 18.7 Å².